The van der Waals surface area contributed by atoms with E-state index in [2.05, 4.69) is 12.2 Å². The third kappa shape index (κ3) is 4.45. The molecule has 1 aromatic carbocycles. The lowest BCUT2D eigenvalue weighted by Crippen LogP contribution is -2.40. The Bertz CT molecular complexity index is 543. The fraction of sp³-hybridized carbons (Fsp3) is 0.600. The van der Waals surface area contributed by atoms with E-state index in [0.717, 1.165) is 25.1 Å². The predicted molar refractivity (Wildman–Crippen MR) is 89.4 cm³/mol. The Morgan fingerprint density at radius 1 is 1.33 bits per heavy atom. The van der Waals surface area contributed by atoms with E-state index in [4.69, 9.17) is 0 Å². The van der Waals surface area contributed by atoms with E-state index in [1.165, 1.54) is 5.56 Å². The van der Waals surface area contributed by atoms with Crippen LogP contribution in [0.4, 0.5) is 0 Å². The summed E-state index contributed by atoms with van der Waals surface area (Å²) in [5.41, 5.74) is 1.19. The van der Waals surface area contributed by atoms with Gasteiger partial charge in [-0.3, -0.25) is 0 Å². The van der Waals surface area contributed by atoms with Crippen molar-refractivity contribution in [3.63, 3.8) is 0 Å². The molecule has 0 radical (unpaired) electrons. The number of rotatable bonds is 6. The SMILES string of the molecule is CNCCCc1ccc(S(=O)(=O)N2CCSC(C)C2)cc1. The predicted octanol–water partition coefficient (Wildman–Crippen LogP) is 1.96. The second-order valence-corrected chi connectivity index (χ2v) is 8.88. The van der Waals surface area contributed by atoms with Crippen LogP contribution in [0.3, 0.4) is 0 Å². The van der Waals surface area contributed by atoms with Crippen molar-refractivity contribution in [2.45, 2.75) is 29.9 Å². The van der Waals surface area contributed by atoms with Gasteiger partial charge < -0.3 is 5.32 Å². The molecule has 2 rings (SSSR count). The first kappa shape index (κ1) is 16.8. The van der Waals surface area contributed by atoms with Gasteiger partial charge in [-0.25, -0.2) is 8.42 Å². The van der Waals surface area contributed by atoms with Gasteiger partial charge in [-0.05, 0) is 44.1 Å². The van der Waals surface area contributed by atoms with Gasteiger partial charge >= 0.3 is 0 Å². The molecule has 0 amide bonds. The molecule has 1 saturated heterocycles. The standard InChI is InChI=1S/C15H24N2O2S2/c1-13-12-17(10-11-20-13)21(18,19)15-7-5-14(6-8-15)4-3-9-16-2/h5-8,13,16H,3-4,9-12H2,1-2H3. The molecule has 21 heavy (non-hydrogen) atoms. The number of nitrogens with one attached hydrogen (secondary N) is 1. The van der Waals surface area contributed by atoms with Crippen molar-refractivity contribution in [3.8, 4) is 0 Å². The van der Waals surface area contributed by atoms with Gasteiger partial charge in [-0.1, -0.05) is 19.1 Å². The average Bonchev–Trinajstić information content (AvgIpc) is 2.48. The highest BCUT2D eigenvalue weighted by atomic mass is 32.2. The molecule has 0 saturated carbocycles. The van der Waals surface area contributed by atoms with Crippen molar-refractivity contribution in [2.75, 3.05) is 32.4 Å². The molecule has 0 aliphatic carbocycles. The summed E-state index contributed by atoms with van der Waals surface area (Å²) in [6.07, 6.45) is 2.03. The van der Waals surface area contributed by atoms with Gasteiger partial charge in [-0.2, -0.15) is 16.1 Å². The highest BCUT2D eigenvalue weighted by Gasteiger charge is 2.28. The molecule has 0 bridgehead atoms. The lowest BCUT2D eigenvalue weighted by atomic mass is 10.1. The third-order valence-electron chi connectivity index (χ3n) is 3.66. The van der Waals surface area contributed by atoms with Crippen LogP contribution in [0.2, 0.25) is 0 Å². The molecule has 1 N–H and O–H groups in total. The Kier molecular flexibility index (Phi) is 6.10. The largest absolute Gasteiger partial charge is 0.320 e. The number of thioether (sulfide) groups is 1. The number of sulfonamides is 1. The molecule has 1 fully saturated rings. The Balaban J connectivity index is 2.06. The maximum Gasteiger partial charge on any atom is 0.243 e. The average molecular weight is 329 g/mol. The monoisotopic (exact) mass is 328 g/mol. The van der Waals surface area contributed by atoms with Crippen LogP contribution >= 0.6 is 11.8 Å². The number of hydrogen-bond acceptors (Lipinski definition) is 4. The first-order valence-corrected chi connectivity index (χ1v) is 9.88. The summed E-state index contributed by atoms with van der Waals surface area (Å²) in [4.78, 5) is 0.416. The minimum atomic E-state index is -3.33. The van der Waals surface area contributed by atoms with E-state index < -0.39 is 10.0 Å². The number of aryl methyl sites for hydroxylation is 1. The van der Waals surface area contributed by atoms with Crippen molar-refractivity contribution in [1.82, 2.24) is 9.62 Å². The number of nitrogens with zero attached hydrogens (tertiary/aromatic N) is 1. The molecule has 4 nitrogen and oxygen atoms in total. The Labute approximate surface area is 132 Å². The molecule has 1 aliphatic rings. The smallest absolute Gasteiger partial charge is 0.243 e. The van der Waals surface area contributed by atoms with Crippen molar-refractivity contribution < 1.29 is 8.42 Å². The summed E-state index contributed by atoms with van der Waals surface area (Å²) in [6.45, 7) is 4.28. The fourth-order valence-corrected chi connectivity index (χ4v) is 5.20. The van der Waals surface area contributed by atoms with Crippen LogP contribution in [0, 0.1) is 0 Å². The zero-order chi connectivity index (χ0) is 15.3. The van der Waals surface area contributed by atoms with Gasteiger partial charge in [0.25, 0.3) is 0 Å². The highest BCUT2D eigenvalue weighted by Crippen LogP contribution is 2.24. The summed E-state index contributed by atoms with van der Waals surface area (Å²) in [5, 5.41) is 3.49. The van der Waals surface area contributed by atoms with E-state index in [9.17, 15) is 8.42 Å². The third-order valence-corrected chi connectivity index (χ3v) is 6.67. The van der Waals surface area contributed by atoms with Crippen LogP contribution in [0.1, 0.15) is 18.9 Å². The van der Waals surface area contributed by atoms with Crippen LogP contribution in [0.5, 0.6) is 0 Å². The minimum Gasteiger partial charge on any atom is -0.320 e. The Morgan fingerprint density at radius 3 is 2.67 bits per heavy atom. The minimum absolute atomic E-state index is 0.370. The molecule has 6 heteroatoms. The molecule has 1 aromatic rings. The second-order valence-electron chi connectivity index (χ2n) is 5.40. The molecule has 118 valence electrons. The van der Waals surface area contributed by atoms with Crippen molar-refractivity contribution >= 4 is 21.8 Å². The van der Waals surface area contributed by atoms with Gasteiger partial charge in [0, 0.05) is 24.1 Å². The van der Waals surface area contributed by atoms with Crippen molar-refractivity contribution in [1.29, 1.82) is 0 Å². The van der Waals surface area contributed by atoms with E-state index in [1.807, 2.05) is 30.9 Å². The van der Waals surface area contributed by atoms with Gasteiger partial charge in [0.15, 0.2) is 0 Å². The zero-order valence-corrected chi connectivity index (χ0v) is 14.3. The summed E-state index contributed by atoms with van der Waals surface area (Å²) < 4.78 is 26.8. The van der Waals surface area contributed by atoms with E-state index >= 15 is 0 Å². The fourth-order valence-electron chi connectivity index (χ4n) is 2.45. The maximum absolute atomic E-state index is 12.6. The van der Waals surface area contributed by atoms with Crippen molar-refractivity contribution in [2.24, 2.45) is 0 Å². The molecule has 1 atom stereocenters. The second kappa shape index (κ2) is 7.63. The number of benzene rings is 1. The lowest BCUT2D eigenvalue weighted by Gasteiger charge is -2.29. The summed E-state index contributed by atoms with van der Waals surface area (Å²) in [7, 11) is -1.39. The molecular weight excluding hydrogens is 304 g/mol. The molecule has 1 heterocycles. The van der Waals surface area contributed by atoms with E-state index in [0.29, 0.717) is 23.2 Å². The molecule has 0 aromatic heterocycles. The Hall–Kier alpha value is -0.560. The maximum atomic E-state index is 12.6. The molecule has 1 unspecified atom stereocenters. The van der Waals surface area contributed by atoms with Crippen LogP contribution in [0.15, 0.2) is 29.2 Å². The molecule has 1 aliphatic heterocycles. The quantitative estimate of drug-likeness (QED) is 0.811. The van der Waals surface area contributed by atoms with Crippen LogP contribution in [0.25, 0.3) is 0 Å². The normalized spacial score (nSPS) is 20.6. The number of hydrogen-bond donors (Lipinski definition) is 1. The van der Waals surface area contributed by atoms with Gasteiger partial charge in [0.2, 0.25) is 10.0 Å². The van der Waals surface area contributed by atoms with Gasteiger partial charge in [0.05, 0.1) is 4.90 Å². The first-order valence-electron chi connectivity index (χ1n) is 7.39. The summed E-state index contributed by atoms with van der Waals surface area (Å²) in [5.74, 6) is 0.877. The van der Waals surface area contributed by atoms with E-state index in [1.54, 1.807) is 16.4 Å². The Morgan fingerprint density at radius 2 is 2.05 bits per heavy atom. The van der Waals surface area contributed by atoms with Crippen LogP contribution in [-0.2, 0) is 16.4 Å². The van der Waals surface area contributed by atoms with Crippen LogP contribution < -0.4 is 5.32 Å². The highest BCUT2D eigenvalue weighted by molar-refractivity contribution is 8.00. The topological polar surface area (TPSA) is 49.4 Å². The van der Waals surface area contributed by atoms with Crippen molar-refractivity contribution in [3.05, 3.63) is 29.8 Å². The molecule has 0 spiro atoms. The summed E-state index contributed by atoms with van der Waals surface area (Å²) in [6, 6.07) is 7.36. The first-order chi connectivity index (χ1) is 10.0. The van der Waals surface area contributed by atoms with Crippen LogP contribution in [-0.4, -0.2) is 50.4 Å². The lowest BCUT2D eigenvalue weighted by molar-refractivity contribution is 0.424. The zero-order valence-electron chi connectivity index (χ0n) is 12.7. The molecular formula is C15H24N2O2S2. The van der Waals surface area contributed by atoms with Gasteiger partial charge in [-0.15, -0.1) is 0 Å². The van der Waals surface area contributed by atoms with Gasteiger partial charge in [0.1, 0.15) is 0 Å². The van der Waals surface area contributed by atoms with E-state index in [-0.39, 0.29) is 0 Å². The summed E-state index contributed by atoms with van der Waals surface area (Å²) >= 11 is 1.83.